The zero-order chi connectivity index (χ0) is 29.8. The van der Waals surface area contributed by atoms with E-state index < -0.39 is 69.9 Å². The Morgan fingerprint density at radius 2 is 0.861 bits per heavy atom. The fourth-order valence-electron chi connectivity index (χ4n) is 1.41. The minimum Gasteiger partial charge on any atom is -0.743 e. The van der Waals surface area contributed by atoms with Crippen LogP contribution in [-0.2, 0) is 24.3 Å². The molecule has 0 rings (SSSR count). The minimum atomic E-state index is -8.44. The van der Waals surface area contributed by atoms with Crippen molar-refractivity contribution < 1.29 is 111 Å². The molecule has 0 saturated carbocycles. The molecular formula is C10F19O6S-. The highest BCUT2D eigenvalue weighted by atomic mass is 32.2. The van der Waals surface area contributed by atoms with E-state index in [0.29, 0.717) is 0 Å². The molecule has 0 aliphatic rings. The Hall–Kier alpha value is -1.96. The molecule has 0 radical (unpaired) electrons. The highest BCUT2D eigenvalue weighted by Crippen LogP contribution is 2.57. The average Bonchev–Trinajstić information content (AvgIpc) is 2.56. The van der Waals surface area contributed by atoms with Crippen molar-refractivity contribution in [1.29, 1.82) is 0 Å². The summed E-state index contributed by atoms with van der Waals surface area (Å²) in [4.78, 5) is 0. The van der Waals surface area contributed by atoms with E-state index in [1.54, 1.807) is 4.74 Å². The monoisotopic (exact) mass is 609 g/mol. The van der Waals surface area contributed by atoms with Gasteiger partial charge in [0.1, 0.15) is 0 Å². The SMILES string of the molecule is O=S(=O)([O-])C(F)(F)C(F)(F)OC(F)(C(F)(F)F)C(F)(F)OC(F)(C(F)(F)F)C(F)(F)OC(F)=C(F)F. The summed E-state index contributed by atoms with van der Waals surface area (Å²) in [6.07, 6.45) is -44.6. The van der Waals surface area contributed by atoms with Crippen molar-refractivity contribution in [2.45, 2.75) is 47.6 Å². The first-order valence-electron chi connectivity index (χ1n) is 7.02. The van der Waals surface area contributed by atoms with E-state index >= 15 is 0 Å². The molecule has 216 valence electrons. The van der Waals surface area contributed by atoms with Crippen molar-refractivity contribution in [3.05, 3.63) is 12.1 Å². The molecule has 0 bridgehead atoms. The van der Waals surface area contributed by atoms with Crippen LogP contribution in [0.25, 0.3) is 0 Å². The van der Waals surface area contributed by atoms with Crippen LogP contribution < -0.4 is 0 Å². The summed E-state index contributed by atoms with van der Waals surface area (Å²) in [7, 11) is -8.02. The predicted molar refractivity (Wildman–Crippen MR) is 62.9 cm³/mol. The van der Waals surface area contributed by atoms with Crippen LogP contribution in [0.1, 0.15) is 0 Å². The molecule has 0 aliphatic carbocycles. The highest BCUT2D eigenvalue weighted by molar-refractivity contribution is 7.86. The smallest absolute Gasteiger partial charge is 0.471 e. The summed E-state index contributed by atoms with van der Waals surface area (Å²) >= 11 is 0. The third kappa shape index (κ3) is 5.79. The Balaban J connectivity index is 7.05. The number of rotatable bonds is 10. The predicted octanol–water partition coefficient (Wildman–Crippen LogP) is 5.44. The van der Waals surface area contributed by atoms with Crippen LogP contribution in [0.4, 0.5) is 83.4 Å². The lowest BCUT2D eigenvalue weighted by Gasteiger charge is -2.41. The van der Waals surface area contributed by atoms with E-state index in [1.807, 2.05) is 0 Å². The summed E-state index contributed by atoms with van der Waals surface area (Å²) in [6.45, 7) is 0. The van der Waals surface area contributed by atoms with Crippen molar-refractivity contribution >= 4 is 10.1 Å². The molecular weight excluding hydrogens is 609 g/mol. The van der Waals surface area contributed by atoms with Crippen molar-refractivity contribution in [1.82, 2.24) is 0 Å². The van der Waals surface area contributed by atoms with Crippen LogP contribution in [-0.4, -0.2) is 60.6 Å². The number of alkyl halides is 16. The normalized spacial score (nSPS) is 18.3. The third-order valence-electron chi connectivity index (χ3n) is 3.03. The largest absolute Gasteiger partial charge is 0.743 e. The van der Waals surface area contributed by atoms with Crippen LogP contribution in [0.3, 0.4) is 0 Å². The topological polar surface area (TPSA) is 84.9 Å². The van der Waals surface area contributed by atoms with Gasteiger partial charge >= 0.3 is 59.7 Å². The van der Waals surface area contributed by atoms with Crippen molar-refractivity contribution in [3.8, 4) is 0 Å². The average molecular weight is 609 g/mol. The second-order valence-electron chi connectivity index (χ2n) is 5.55. The molecule has 0 aliphatic heterocycles. The van der Waals surface area contributed by atoms with Crippen molar-refractivity contribution in [2.75, 3.05) is 0 Å². The van der Waals surface area contributed by atoms with Gasteiger partial charge in [-0.15, -0.1) is 0 Å². The molecule has 36 heavy (non-hydrogen) atoms. The molecule has 0 saturated heterocycles. The van der Waals surface area contributed by atoms with E-state index in [4.69, 9.17) is 0 Å². The molecule has 26 heteroatoms. The maximum absolute atomic E-state index is 13.8. The Bertz CT molecular complexity index is 949. The summed E-state index contributed by atoms with van der Waals surface area (Å²) in [6, 6.07) is -4.26. The standard InChI is InChI=1S/C10HF19O6S/c11-1(12)2(13)33-7(22,23)3(14,5(16,17)18)34-8(24,25)4(15,6(19,20)21)35-9(26,27)10(28,29)36(30,31)32/h(H,30,31,32)/p-1. The van der Waals surface area contributed by atoms with Gasteiger partial charge in [0, 0.05) is 0 Å². The number of halogens is 19. The van der Waals surface area contributed by atoms with Gasteiger partial charge in [-0.25, -0.2) is 8.42 Å². The van der Waals surface area contributed by atoms with Gasteiger partial charge < -0.3 is 9.29 Å². The van der Waals surface area contributed by atoms with Crippen molar-refractivity contribution in [3.63, 3.8) is 0 Å². The molecule has 2 atom stereocenters. The van der Waals surface area contributed by atoms with Gasteiger partial charge in [-0.2, -0.15) is 83.4 Å². The quantitative estimate of drug-likeness (QED) is 0.186. The van der Waals surface area contributed by atoms with E-state index in [9.17, 15) is 96.4 Å². The minimum absolute atomic E-state index is 1.18. The number of hydrogen-bond acceptors (Lipinski definition) is 6. The second kappa shape index (κ2) is 9.10. The van der Waals surface area contributed by atoms with Crippen LogP contribution in [0, 0.1) is 0 Å². The lowest BCUT2D eigenvalue weighted by molar-refractivity contribution is -0.562. The van der Waals surface area contributed by atoms with Gasteiger partial charge in [0.25, 0.3) is 0 Å². The van der Waals surface area contributed by atoms with Crippen LogP contribution >= 0.6 is 0 Å². The number of hydrogen-bond donors (Lipinski definition) is 0. The number of ether oxygens (including phenoxy) is 3. The van der Waals surface area contributed by atoms with Crippen LogP contribution in [0.15, 0.2) is 12.1 Å². The summed E-state index contributed by atoms with van der Waals surface area (Å²) in [5, 5.41) is -7.69. The van der Waals surface area contributed by atoms with Gasteiger partial charge in [0.2, 0.25) is 0 Å². The molecule has 0 N–H and O–H groups in total. The van der Waals surface area contributed by atoms with Gasteiger partial charge in [0.05, 0.1) is 0 Å². The molecule has 0 fully saturated rings. The molecule has 0 aromatic rings. The lowest BCUT2D eigenvalue weighted by atomic mass is 10.2. The van der Waals surface area contributed by atoms with E-state index in [0.717, 1.165) is 0 Å². The highest BCUT2D eigenvalue weighted by Gasteiger charge is 2.86. The Morgan fingerprint density at radius 1 is 0.556 bits per heavy atom. The molecule has 0 amide bonds. The summed E-state index contributed by atoms with van der Waals surface area (Å²) in [5.41, 5.74) is 0. The van der Waals surface area contributed by atoms with E-state index in [2.05, 4.69) is 0 Å². The fourth-order valence-corrected chi connectivity index (χ4v) is 1.74. The maximum atomic E-state index is 13.8. The maximum Gasteiger partial charge on any atom is 0.471 e. The van der Waals surface area contributed by atoms with Crippen molar-refractivity contribution in [2.24, 2.45) is 0 Å². The van der Waals surface area contributed by atoms with Crippen LogP contribution in [0.5, 0.6) is 0 Å². The second-order valence-corrected chi connectivity index (χ2v) is 6.97. The molecule has 0 heterocycles. The summed E-state index contributed by atoms with van der Waals surface area (Å²) < 4.78 is 279. The molecule has 0 spiro atoms. The zero-order valence-corrected chi connectivity index (χ0v) is 15.9. The Kier molecular flexibility index (Phi) is 8.61. The molecule has 0 aromatic heterocycles. The van der Waals surface area contributed by atoms with E-state index in [-0.39, 0.29) is 0 Å². The van der Waals surface area contributed by atoms with Crippen LogP contribution in [0.2, 0.25) is 0 Å². The van der Waals surface area contributed by atoms with Gasteiger partial charge in [-0.05, 0) is 0 Å². The van der Waals surface area contributed by atoms with E-state index in [1.165, 1.54) is 9.47 Å². The first kappa shape index (κ1) is 34.0. The first-order chi connectivity index (χ1) is 15.2. The Morgan fingerprint density at radius 3 is 1.14 bits per heavy atom. The Labute approximate surface area is 181 Å². The first-order valence-corrected chi connectivity index (χ1v) is 8.43. The van der Waals surface area contributed by atoms with Gasteiger partial charge in [0.15, 0.2) is 10.1 Å². The molecule has 0 aromatic carbocycles. The van der Waals surface area contributed by atoms with Gasteiger partial charge in [-0.3, -0.25) is 9.47 Å². The molecule has 6 nitrogen and oxygen atoms in total. The lowest BCUT2D eigenvalue weighted by Crippen LogP contribution is -2.69. The summed E-state index contributed by atoms with van der Waals surface area (Å²) in [5.74, 6) is -16.6. The molecule has 2 unspecified atom stereocenters. The third-order valence-corrected chi connectivity index (χ3v) is 3.90. The van der Waals surface area contributed by atoms with Gasteiger partial charge in [-0.1, -0.05) is 0 Å². The fraction of sp³-hybridized carbons (Fsp3) is 0.800. The zero-order valence-electron chi connectivity index (χ0n) is 15.0.